The van der Waals surface area contributed by atoms with Gasteiger partial charge in [-0.05, 0) is 6.07 Å². The summed E-state index contributed by atoms with van der Waals surface area (Å²) in [5.41, 5.74) is 6.37. The van der Waals surface area contributed by atoms with Gasteiger partial charge < -0.3 is 15.2 Å². The Bertz CT molecular complexity index is 381. The van der Waals surface area contributed by atoms with Crippen molar-refractivity contribution in [2.45, 2.75) is 12.5 Å². The Labute approximate surface area is 93.2 Å². The molecule has 5 heteroatoms. The molecule has 0 radical (unpaired) electrons. The number of benzene rings is 1. The Balaban J connectivity index is 2.90. The fourth-order valence-corrected chi connectivity index (χ4v) is 1.36. The second-order valence-corrected chi connectivity index (χ2v) is 3.27. The van der Waals surface area contributed by atoms with E-state index in [1.807, 2.05) is 0 Å². The third kappa shape index (κ3) is 2.93. The van der Waals surface area contributed by atoms with Crippen molar-refractivity contribution in [3.8, 4) is 5.75 Å². The summed E-state index contributed by atoms with van der Waals surface area (Å²) in [4.78, 5) is 11.0. The standard InChI is InChI=1S/C11H14FNO3/c1-15-10-5-7(12)3-4-8(10)9(13)6-11(14)16-2/h3-5,9H,6,13H2,1-2H3/t9-/m0/s1. The summed E-state index contributed by atoms with van der Waals surface area (Å²) in [7, 11) is 2.71. The molecule has 0 unspecified atom stereocenters. The first-order chi connectivity index (χ1) is 7.58. The first kappa shape index (κ1) is 12.4. The molecule has 0 aliphatic rings. The van der Waals surface area contributed by atoms with Gasteiger partial charge in [0.2, 0.25) is 0 Å². The van der Waals surface area contributed by atoms with Gasteiger partial charge in [0.1, 0.15) is 11.6 Å². The number of hydrogen-bond acceptors (Lipinski definition) is 4. The van der Waals surface area contributed by atoms with E-state index in [0.717, 1.165) is 0 Å². The summed E-state index contributed by atoms with van der Waals surface area (Å²) >= 11 is 0. The molecule has 0 aromatic heterocycles. The second kappa shape index (κ2) is 5.46. The molecule has 4 nitrogen and oxygen atoms in total. The number of rotatable bonds is 4. The molecular weight excluding hydrogens is 213 g/mol. The number of ether oxygens (including phenoxy) is 2. The lowest BCUT2D eigenvalue weighted by molar-refractivity contribution is -0.141. The Morgan fingerprint density at radius 1 is 1.50 bits per heavy atom. The summed E-state index contributed by atoms with van der Waals surface area (Å²) in [5.74, 6) is -0.499. The molecule has 0 heterocycles. The normalized spacial score (nSPS) is 12.0. The van der Waals surface area contributed by atoms with Gasteiger partial charge in [-0.2, -0.15) is 0 Å². The van der Waals surface area contributed by atoms with Crippen LogP contribution in [0.5, 0.6) is 5.75 Å². The first-order valence-electron chi connectivity index (χ1n) is 4.74. The minimum Gasteiger partial charge on any atom is -0.496 e. The molecule has 0 aliphatic heterocycles. The number of carbonyl (C=O) groups is 1. The zero-order valence-electron chi connectivity index (χ0n) is 9.20. The molecule has 1 aromatic carbocycles. The fourth-order valence-electron chi connectivity index (χ4n) is 1.36. The summed E-state index contributed by atoms with van der Waals surface area (Å²) in [6.45, 7) is 0. The molecule has 88 valence electrons. The maximum atomic E-state index is 12.9. The van der Waals surface area contributed by atoms with E-state index in [1.54, 1.807) is 0 Å². The quantitative estimate of drug-likeness (QED) is 0.790. The van der Waals surface area contributed by atoms with Crippen LogP contribution < -0.4 is 10.5 Å². The second-order valence-electron chi connectivity index (χ2n) is 3.27. The van der Waals surface area contributed by atoms with Gasteiger partial charge in [-0.25, -0.2) is 4.39 Å². The van der Waals surface area contributed by atoms with Gasteiger partial charge in [-0.1, -0.05) is 6.07 Å². The highest BCUT2D eigenvalue weighted by Crippen LogP contribution is 2.26. The predicted octanol–water partition coefficient (Wildman–Crippen LogP) is 1.40. The molecule has 0 saturated carbocycles. The van der Waals surface area contributed by atoms with Crippen molar-refractivity contribution in [2.75, 3.05) is 14.2 Å². The van der Waals surface area contributed by atoms with Gasteiger partial charge in [-0.3, -0.25) is 4.79 Å². The Morgan fingerprint density at radius 3 is 2.75 bits per heavy atom. The van der Waals surface area contributed by atoms with Gasteiger partial charge in [0.25, 0.3) is 0 Å². The molecule has 0 spiro atoms. The maximum Gasteiger partial charge on any atom is 0.307 e. The van der Waals surface area contributed by atoms with Crippen LogP contribution in [0.1, 0.15) is 18.0 Å². The van der Waals surface area contributed by atoms with E-state index in [-0.39, 0.29) is 6.42 Å². The summed E-state index contributed by atoms with van der Waals surface area (Å²) in [5, 5.41) is 0. The molecule has 2 N–H and O–H groups in total. The highest BCUT2D eigenvalue weighted by atomic mass is 19.1. The molecule has 1 rings (SSSR count). The Hall–Kier alpha value is -1.62. The van der Waals surface area contributed by atoms with Crippen LogP contribution in [0.15, 0.2) is 18.2 Å². The highest BCUT2D eigenvalue weighted by molar-refractivity contribution is 5.70. The van der Waals surface area contributed by atoms with E-state index in [1.165, 1.54) is 32.4 Å². The van der Waals surface area contributed by atoms with E-state index in [0.29, 0.717) is 11.3 Å². The van der Waals surface area contributed by atoms with Crippen molar-refractivity contribution in [3.63, 3.8) is 0 Å². The third-order valence-corrected chi connectivity index (χ3v) is 2.21. The first-order valence-corrected chi connectivity index (χ1v) is 4.74. The van der Waals surface area contributed by atoms with Crippen LogP contribution in [0.4, 0.5) is 4.39 Å². The molecule has 0 aliphatic carbocycles. The summed E-state index contributed by atoms with van der Waals surface area (Å²) < 4.78 is 22.4. The molecule has 0 saturated heterocycles. The average Bonchev–Trinajstić information content (AvgIpc) is 2.28. The van der Waals surface area contributed by atoms with Crippen LogP contribution in [-0.2, 0) is 9.53 Å². The van der Waals surface area contributed by atoms with Crippen molar-refractivity contribution in [3.05, 3.63) is 29.6 Å². The lowest BCUT2D eigenvalue weighted by Gasteiger charge is -2.14. The van der Waals surface area contributed by atoms with Crippen LogP contribution in [0, 0.1) is 5.82 Å². The van der Waals surface area contributed by atoms with Crippen molar-refractivity contribution >= 4 is 5.97 Å². The fraction of sp³-hybridized carbons (Fsp3) is 0.364. The molecular formula is C11H14FNO3. The smallest absolute Gasteiger partial charge is 0.307 e. The van der Waals surface area contributed by atoms with Gasteiger partial charge in [0, 0.05) is 17.7 Å². The number of nitrogens with two attached hydrogens (primary N) is 1. The van der Waals surface area contributed by atoms with Crippen molar-refractivity contribution < 1.29 is 18.7 Å². The van der Waals surface area contributed by atoms with E-state index in [4.69, 9.17) is 10.5 Å². The minimum atomic E-state index is -0.567. The number of carbonyl (C=O) groups excluding carboxylic acids is 1. The molecule has 0 bridgehead atoms. The van der Waals surface area contributed by atoms with Gasteiger partial charge in [0.15, 0.2) is 0 Å². The van der Waals surface area contributed by atoms with Crippen molar-refractivity contribution in [1.82, 2.24) is 0 Å². The molecule has 16 heavy (non-hydrogen) atoms. The number of halogens is 1. The predicted molar refractivity (Wildman–Crippen MR) is 56.5 cm³/mol. The van der Waals surface area contributed by atoms with Crippen LogP contribution in [0.2, 0.25) is 0 Å². The van der Waals surface area contributed by atoms with Crippen LogP contribution >= 0.6 is 0 Å². The lowest BCUT2D eigenvalue weighted by atomic mass is 10.0. The van der Waals surface area contributed by atoms with E-state index in [9.17, 15) is 9.18 Å². The van der Waals surface area contributed by atoms with Gasteiger partial charge in [-0.15, -0.1) is 0 Å². The zero-order valence-corrected chi connectivity index (χ0v) is 9.20. The topological polar surface area (TPSA) is 61.5 Å². The van der Waals surface area contributed by atoms with E-state index in [2.05, 4.69) is 4.74 Å². The number of hydrogen-bond donors (Lipinski definition) is 1. The Morgan fingerprint density at radius 2 is 2.19 bits per heavy atom. The molecule has 1 atom stereocenters. The van der Waals surface area contributed by atoms with Crippen LogP contribution in [0.3, 0.4) is 0 Å². The highest BCUT2D eigenvalue weighted by Gasteiger charge is 2.16. The minimum absolute atomic E-state index is 0.0263. The van der Waals surface area contributed by atoms with Crippen molar-refractivity contribution in [2.24, 2.45) is 5.73 Å². The monoisotopic (exact) mass is 227 g/mol. The van der Waals surface area contributed by atoms with Crippen molar-refractivity contribution in [1.29, 1.82) is 0 Å². The lowest BCUT2D eigenvalue weighted by Crippen LogP contribution is -2.17. The summed E-state index contributed by atoms with van der Waals surface area (Å²) in [6.07, 6.45) is 0.0263. The third-order valence-electron chi connectivity index (χ3n) is 2.21. The van der Waals surface area contributed by atoms with E-state index < -0.39 is 17.8 Å². The Kier molecular flexibility index (Phi) is 4.25. The SMILES string of the molecule is COC(=O)C[C@H](N)c1ccc(F)cc1OC. The molecule has 1 aromatic rings. The number of methoxy groups -OCH3 is 2. The average molecular weight is 227 g/mol. The van der Waals surface area contributed by atoms with Gasteiger partial charge >= 0.3 is 5.97 Å². The molecule has 0 amide bonds. The zero-order chi connectivity index (χ0) is 12.1. The number of esters is 1. The maximum absolute atomic E-state index is 12.9. The van der Waals surface area contributed by atoms with Gasteiger partial charge in [0.05, 0.1) is 20.6 Å². The largest absolute Gasteiger partial charge is 0.496 e. The summed E-state index contributed by atoms with van der Waals surface area (Å²) in [6, 6.07) is 3.44. The van der Waals surface area contributed by atoms with Crippen LogP contribution in [0.25, 0.3) is 0 Å². The molecule has 0 fully saturated rings. The van der Waals surface area contributed by atoms with Crippen LogP contribution in [-0.4, -0.2) is 20.2 Å². The van der Waals surface area contributed by atoms with E-state index >= 15 is 0 Å².